The first kappa shape index (κ1) is 14.7. The second-order valence-electron chi connectivity index (χ2n) is 4.14. The Morgan fingerprint density at radius 1 is 1.11 bits per heavy atom. The van der Waals surface area contributed by atoms with Crippen molar-refractivity contribution >= 4 is 5.69 Å². The van der Waals surface area contributed by atoms with Crippen LogP contribution in [0.2, 0.25) is 0 Å². The van der Waals surface area contributed by atoms with Gasteiger partial charge in [-0.3, -0.25) is 0 Å². The minimum atomic E-state index is -4.63. The highest BCUT2D eigenvalue weighted by Crippen LogP contribution is 2.24. The van der Waals surface area contributed by atoms with Crippen molar-refractivity contribution in [1.82, 2.24) is 0 Å². The van der Waals surface area contributed by atoms with Crippen LogP contribution in [0.4, 0.5) is 18.9 Å². The van der Waals surface area contributed by atoms with Gasteiger partial charge in [-0.1, -0.05) is 26.7 Å². The second kappa shape index (κ2) is 6.52. The Labute approximate surface area is 105 Å². The zero-order chi connectivity index (χ0) is 13.6. The third-order valence-electron chi connectivity index (χ3n) is 2.84. The molecule has 1 N–H and O–H groups in total. The highest BCUT2D eigenvalue weighted by Gasteiger charge is 2.30. The lowest BCUT2D eigenvalue weighted by molar-refractivity contribution is -0.274. The molecule has 1 rings (SSSR count). The molecule has 0 heterocycles. The molecule has 0 atom stereocenters. The van der Waals surface area contributed by atoms with Crippen LogP contribution in [-0.2, 0) is 0 Å². The molecular formula is C13H18F3NO. The summed E-state index contributed by atoms with van der Waals surface area (Å²) >= 11 is 0. The molecule has 0 radical (unpaired) electrons. The molecule has 0 fully saturated rings. The molecule has 1 aromatic carbocycles. The molecule has 0 aliphatic rings. The Morgan fingerprint density at radius 3 is 2.11 bits per heavy atom. The van der Waals surface area contributed by atoms with E-state index < -0.39 is 6.36 Å². The Bertz CT molecular complexity index is 344. The number of ether oxygens (including phenoxy) is 1. The smallest absolute Gasteiger partial charge is 0.406 e. The summed E-state index contributed by atoms with van der Waals surface area (Å²) in [5.74, 6) is 0.381. The maximum absolute atomic E-state index is 11.9. The lowest BCUT2D eigenvalue weighted by Gasteiger charge is -2.15. The quantitative estimate of drug-likeness (QED) is 0.817. The van der Waals surface area contributed by atoms with E-state index in [9.17, 15) is 13.2 Å². The molecule has 0 amide bonds. The van der Waals surface area contributed by atoms with E-state index in [1.807, 2.05) is 0 Å². The van der Waals surface area contributed by atoms with Gasteiger partial charge in [-0.05, 0) is 30.2 Å². The molecule has 2 nitrogen and oxygen atoms in total. The van der Waals surface area contributed by atoms with Gasteiger partial charge in [-0.15, -0.1) is 13.2 Å². The number of halogens is 3. The van der Waals surface area contributed by atoms with Crippen LogP contribution in [0.15, 0.2) is 24.3 Å². The van der Waals surface area contributed by atoms with Gasteiger partial charge >= 0.3 is 6.36 Å². The number of anilines is 1. The van der Waals surface area contributed by atoms with Gasteiger partial charge in [0.05, 0.1) is 0 Å². The third-order valence-corrected chi connectivity index (χ3v) is 2.84. The SMILES string of the molecule is CCC(CC)CNc1ccc(OC(F)(F)F)cc1. The van der Waals surface area contributed by atoms with Gasteiger partial charge in [0.15, 0.2) is 0 Å². The van der Waals surface area contributed by atoms with Crippen molar-refractivity contribution in [2.45, 2.75) is 33.1 Å². The topological polar surface area (TPSA) is 21.3 Å². The van der Waals surface area contributed by atoms with Gasteiger partial charge in [0.1, 0.15) is 5.75 Å². The molecule has 1 aromatic rings. The van der Waals surface area contributed by atoms with Crippen molar-refractivity contribution in [2.24, 2.45) is 5.92 Å². The summed E-state index contributed by atoms with van der Waals surface area (Å²) in [6, 6.07) is 5.79. The van der Waals surface area contributed by atoms with E-state index in [1.165, 1.54) is 12.1 Å². The molecule has 0 aliphatic carbocycles. The van der Waals surface area contributed by atoms with E-state index >= 15 is 0 Å². The Balaban J connectivity index is 2.50. The van der Waals surface area contributed by atoms with Crippen LogP contribution in [0.25, 0.3) is 0 Å². The minimum absolute atomic E-state index is 0.199. The summed E-state index contributed by atoms with van der Waals surface area (Å²) < 4.78 is 39.6. The van der Waals surface area contributed by atoms with Crippen LogP contribution in [0.3, 0.4) is 0 Å². The maximum atomic E-state index is 11.9. The fourth-order valence-electron chi connectivity index (χ4n) is 1.61. The summed E-state index contributed by atoms with van der Waals surface area (Å²) in [6.07, 6.45) is -2.47. The van der Waals surface area contributed by atoms with Crippen LogP contribution < -0.4 is 10.1 Å². The first-order chi connectivity index (χ1) is 8.44. The van der Waals surface area contributed by atoms with Crippen molar-refractivity contribution in [3.05, 3.63) is 24.3 Å². The second-order valence-corrected chi connectivity index (χ2v) is 4.14. The van der Waals surface area contributed by atoms with E-state index in [-0.39, 0.29) is 5.75 Å². The summed E-state index contributed by atoms with van der Waals surface area (Å²) in [6.45, 7) is 5.07. The van der Waals surface area contributed by atoms with Crippen molar-refractivity contribution in [1.29, 1.82) is 0 Å². The maximum Gasteiger partial charge on any atom is 0.573 e. The van der Waals surface area contributed by atoms with Crippen molar-refractivity contribution in [2.75, 3.05) is 11.9 Å². The van der Waals surface area contributed by atoms with Gasteiger partial charge < -0.3 is 10.1 Å². The largest absolute Gasteiger partial charge is 0.573 e. The van der Waals surface area contributed by atoms with Gasteiger partial charge in [0.2, 0.25) is 0 Å². The van der Waals surface area contributed by atoms with Crippen molar-refractivity contribution in [3.8, 4) is 5.75 Å². The highest BCUT2D eigenvalue weighted by molar-refractivity contribution is 5.46. The molecule has 0 saturated heterocycles. The fraction of sp³-hybridized carbons (Fsp3) is 0.538. The summed E-state index contributed by atoms with van der Waals surface area (Å²) in [5.41, 5.74) is 0.802. The van der Waals surface area contributed by atoms with Crippen molar-refractivity contribution in [3.63, 3.8) is 0 Å². The van der Waals surface area contributed by atoms with Crippen LogP contribution in [-0.4, -0.2) is 12.9 Å². The predicted molar refractivity (Wildman–Crippen MR) is 65.7 cm³/mol. The predicted octanol–water partition coefficient (Wildman–Crippen LogP) is 4.43. The molecule has 5 heteroatoms. The molecule has 0 saturated carbocycles. The van der Waals surface area contributed by atoms with Gasteiger partial charge in [-0.25, -0.2) is 0 Å². The average molecular weight is 261 g/mol. The van der Waals surface area contributed by atoms with Gasteiger partial charge in [-0.2, -0.15) is 0 Å². The monoisotopic (exact) mass is 261 g/mol. The Kier molecular flexibility index (Phi) is 5.31. The minimum Gasteiger partial charge on any atom is -0.406 e. The Hall–Kier alpha value is -1.39. The normalized spacial score (nSPS) is 11.7. The fourth-order valence-corrected chi connectivity index (χ4v) is 1.61. The lowest BCUT2D eigenvalue weighted by Crippen LogP contribution is -2.17. The zero-order valence-corrected chi connectivity index (χ0v) is 10.6. The molecule has 102 valence electrons. The first-order valence-corrected chi connectivity index (χ1v) is 6.04. The number of hydrogen-bond acceptors (Lipinski definition) is 2. The number of hydrogen-bond donors (Lipinski definition) is 1. The summed E-state index contributed by atoms with van der Waals surface area (Å²) in [5, 5.41) is 3.20. The summed E-state index contributed by atoms with van der Waals surface area (Å²) in [4.78, 5) is 0. The van der Waals surface area contributed by atoms with Crippen molar-refractivity contribution < 1.29 is 17.9 Å². The molecule has 0 bridgehead atoms. The number of benzene rings is 1. The van der Waals surface area contributed by atoms with E-state index in [1.54, 1.807) is 12.1 Å². The molecule has 0 aromatic heterocycles. The molecular weight excluding hydrogens is 243 g/mol. The van der Waals surface area contributed by atoms with E-state index in [2.05, 4.69) is 23.9 Å². The van der Waals surface area contributed by atoms with E-state index in [0.29, 0.717) is 5.92 Å². The average Bonchev–Trinajstić information content (AvgIpc) is 2.30. The molecule has 18 heavy (non-hydrogen) atoms. The standard InChI is InChI=1S/C13H18F3NO/c1-3-10(4-2)9-17-11-5-7-12(8-6-11)18-13(14,15)16/h5-8,10,17H,3-4,9H2,1-2H3. The number of alkyl halides is 3. The Morgan fingerprint density at radius 2 is 1.67 bits per heavy atom. The van der Waals surface area contributed by atoms with Gasteiger partial charge in [0.25, 0.3) is 0 Å². The molecule has 0 unspecified atom stereocenters. The van der Waals surface area contributed by atoms with Crippen LogP contribution in [0.5, 0.6) is 5.75 Å². The van der Waals surface area contributed by atoms with Gasteiger partial charge in [0, 0.05) is 12.2 Å². The lowest BCUT2D eigenvalue weighted by atomic mass is 10.0. The zero-order valence-electron chi connectivity index (χ0n) is 10.6. The van der Waals surface area contributed by atoms with Crippen LogP contribution >= 0.6 is 0 Å². The third kappa shape index (κ3) is 5.29. The van der Waals surface area contributed by atoms with E-state index in [0.717, 1.165) is 25.1 Å². The van der Waals surface area contributed by atoms with Crippen LogP contribution in [0.1, 0.15) is 26.7 Å². The first-order valence-electron chi connectivity index (χ1n) is 6.04. The van der Waals surface area contributed by atoms with Crippen LogP contribution in [0, 0.1) is 5.92 Å². The molecule has 0 aliphatic heterocycles. The molecule has 0 spiro atoms. The highest BCUT2D eigenvalue weighted by atomic mass is 19.4. The summed E-state index contributed by atoms with van der Waals surface area (Å²) in [7, 11) is 0. The van der Waals surface area contributed by atoms with E-state index in [4.69, 9.17) is 0 Å². The number of nitrogens with one attached hydrogen (secondary N) is 1. The number of rotatable bonds is 6.